The third kappa shape index (κ3) is 2.64. The van der Waals surface area contributed by atoms with Crippen molar-refractivity contribution in [1.29, 1.82) is 0 Å². The maximum atomic E-state index is 5.75. The molecule has 0 aliphatic carbocycles. The molecule has 2 rings (SSSR count). The molecule has 0 fully saturated rings. The van der Waals surface area contributed by atoms with Gasteiger partial charge in [0.05, 0.1) is 0 Å². The number of rotatable bonds is 0. The van der Waals surface area contributed by atoms with Crippen LogP contribution in [0.2, 0.25) is 5.15 Å². The SMILES string of the molecule is CCC.Clc1ncnc2sccc12. The van der Waals surface area contributed by atoms with Crippen molar-refractivity contribution in [2.75, 3.05) is 0 Å². The summed E-state index contributed by atoms with van der Waals surface area (Å²) >= 11 is 7.32. The number of halogens is 1. The molecule has 0 N–H and O–H groups in total. The molecule has 2 aromatic heterocycles. The molecule has 0 amide bonds. The Hall–Kier alpha value is -0.670. The van der Waals surface area contributed by atoms with Gasteiger partial charge in [-0.05, 0) is 11.4 Å². The number of nitrogens with zero attached hydrogens (tertiary/aromatic N) is 2. The summed E-state index contributed by atoms with van der Waals surface area (Å²) in [6.07, 6.45) is 2.72. The lowest BCUT2D eigenvalue weighted by Crippen LogP contribution is -1.76. The molecule has 0 atom stereocenters. The van der Waals surface area contributed by atoms with Gasteiger partial charge in [-0.15, -0.1) is 11.3 Å². The van der Waals surface area contributed by atoms with Crippen LogP contribution in [0.4, 0.5) is 0 Å². The van der Waals surface area contributed by atoms with Crippen LogP contribution in [0.1, 0.15) is 20.3 Å². The molecule has 0 aromatic carbocycles. The van der Waals surface area contributed by atoms with E-state index in [1.165, 1.54) is 12.7 Å². The monoisotopic (exact) mass is 214 g/mol. The lowest BCUT2D eigenvalue weighted by atomic mass is 10.4. The van der Waals surface area contributed by atoms with Crippen LogP contribution in [-0.4, -0.2) is 9.97 Å². The van der Waals surface area contributed by atoms with E-state index in [0.717, 1.165) is 10.2 Å². The Morgan fingerprint density at radius 2 is 2.08 bits per heavy atom. The second-order valence-electron chi connectivity index (χ2n) is 2.51. The Labute approximate surface area is 86.6 Å². The molecule has 0 bridgehead atoms. The summed E-state index contributed by atoms with van der Waals surface area (Å²) in [7, 11) is 0. The van der Waals surface area contributed by atoms with Crippen LogP contribution in [0, 0.1) is 0 Å². The fourth-order valence-electron chi connectivity index (χ4n) is 0.760. The van der Waals surface area contributed by atoms with Gasteiger partial charge in [-0.25, -0.2) is 9.97 Å². The quantitative estimate of drug-likeness (QED) is 0.624. The fraction of sp³-hybridized carbons (Fsp3) is 0.333. The minimum atomic E-state index is 0.534. The molecule has 0 aliphatic heterocycles. The van der Waals surface area contributed by atoms with Crippen molar-refractivity contribution < 1.29 is 0 Å². The lowest BCUT2D eigenvalue weighted by Gasteiger charge is -1.87. The van der Waals surface area contributed by atoms with E-state index in [9.17, 15) is 0 Å². The van der Waals surface area contributed by atoms with Crippen molar-refractivity contribution in [1.82, 2.24) is 9.97 Å². The Morgan fingerprint density at radius 1 is 1.38 bits per heavy atom. The lowest BCUT2D eigenvalue weighted by molar-refractivity contribution is 1.09. The highest BCUT2D eigenvalue weighted by Gasteiger charge is 1.99. The topological polar surface area (TPSA) is 25.8 Å². The summed E-state index contributed by atoms with van der Waals surface area (Å²) in [4.78, 5) is 8.81. The van der Waals surface area contributed by atoms with Crippen molar-refractivity contribution in [3.8, 4) is 0 Å². The van der Waals surface area contributed by atoms with Gasteiger partial charge in [-0.1, -0.05) is 31.9 Å². The van der Waals surface area contributed by atoms with Crippen LogP contribution in [0.25, 0.3) is 10.2 Å². The van der Waals surface area contributed by atoms with E-state index < -0.39 is 0 Å². The van der Waals surface area contributed by atoms with Gasteiger partial charge >= 0.3 is 0 Å². The van der Waals surface area contributed by atoms with Gasteiger partial charge in [-0.2, -0.15) is 0 Å². The molecule has 13 heavy (non-hydrogen) atoms. The smallest absolute Gasteiger partial charge is 0.141 e. The molecule has 2 aromatic rings. The summed E-state index contributed by atoms with van der Waals surface area (Å²) in [5, 5.41) is 3.42. The van der Waals surface area contributed by atoms with Crippen LogP contribution in [0.5, 0.6) is 0 Å². The Bertz CT molecular complexity index is 372. The van der Waals surface area contributed by atoms with E-state index in [-0.39, 0.29) is 0 Å². The van der Waals surface area contributed by atoms with Crippen molar-refractivity contribution in [2.45, 2.75) is 20.3 Å². The maximum absolute atomic E-state index is 5.75. The fourth-order valence-corrected chi connectivity index (χ4v) is 1.74. The third-order valence-corrected chi connectivity index (χ3v) is 2.34. The van der Waals surface area contributed by atoms with Crippen LogP contribution < -0.4 is 0 Å². The number of fused-ring (bicyclic) bond motifs is 1. The summed E-state index contributed by atoms with van der Waals surface area (Å²) < 4.78 is 0. The van der Waals surface area contributed by atoms with Crippen molar-refractivity contribution in [3.05, 3.63) is 22.9 Å². The first-order valence-corrected chi connectivity index (χ1v) is 5.39. The summed E-state index contributed by atoms with van der Waals surface area (Å²) in [5.41, 5.74) is 0. The standard InChI is InChI=1S/C6H3ClN2S.C3H8/c7-5-4-1-2-10-6(4)9-3-8-5;1-3-2/h1-3H;3H2,1-2H3. The zero-order chi connectivity index (χ0) is 9.68. The first-order chi connectivity index (χ1) is 6.29. The molecule has 2 nitrogen and oxygen atoms in total. The number of thiophene rings is 1. The van der Waals surface area contributed by atoms with Crippen LogP contribution in [0.3, 0.4) is 0 Å². The molecule has 0 spiro atoms. The van der Waals surface area contributed by atoms with E-state index in [0.29, 0.717) is 5.15 Å². The second kappa shape index (κ2) is 5.14. The average Bonchev–Trinajstić information content (AvgIpc) is 2.54. The molecular formula is C9H11ClN2S. The van der Waals surface area contributed by atoms with Gasteiger partial charge in [0.2, 0.25) is 0 Å². The largest absolute Gasteiger partial charge is 0.225 e. The van der Waals surface area contributed by atoms with Crippen molar-refractivity contribution in [3.63, 3.8) is 0 Å². The first kappa shape index (κ1) is 10.4. The van der Waals surface area contributed by atoms with Gasteiger partial charge in [0.1, 0.15) is 16.3 Å². The molecule has 0 unspecified atom stereocenters. The highest BCUT2D eigenvalue weighted by molar-refractivity contribution is 7.16. The molecule has 70 valence electrons. The van der Waals surface area contributed by atoms with Gasteiger partial charge < -0.3 is 0 Å². The molecule has 2 heterocycles. The van der Waals surface area contributed by atoms with E-state index in [2.05, 4.69) is 23.8 Å². The predicted octanol–water partition coefficient (Wildman–Crippen LogP) is 3.76. The minimum Gasteiger partial charge on any atom is -0.225 e. The van der Waals surface area contributed by atoms with E-state index in [1.807, 2.05) is 11.4 Å². The highest BCUT2D eigenvalue weighted by Crippen LogP contribution is 2.22. The normalized spacial score (nSPS) is 9.46. The Morgan fingerprint density at radius 3 is 2.69 bits per heavy atom. The molecule has 0 aliphatic rings. The molecule has 4 heteroatoms. The maximum Gasteiger partial charge on any atom is 0.141 e. The van der Waals surface area contributed by atoms with Gasteiger partial charge in [-0.3, -0.25) is 0 Å². The van der Waals surface area contributed by atoms with Gasteiger partial charge in [0.15, 0.2) is 0 Å². The number of hydrogen-bond acceptors (Lipinski definition) is 3. The van der Waals surface area contributed by atoms with E-state index in [1.54, 1.807) is 11.3 Å². The first-order valence-electron chi connectivity index (χ1n) is 4.13. The number of aromatic nitrogens is 2. The predicted molar refractivity (Wildman–Crippen MR) is 58.4 cm³/mol. The average molecular weight is 215 g/mol. The Balaban J connectivity index is 0.000000251. The molecule has 0 saturated heterocycles. The van der Waals surface area contributed by atoms with E-state index in [4.69, 9.17) is 11.6 Å². The zero-order valence-corrected chi connectivity index (χ0v) is 9.19. The van der Waals surface area contributed by atoms with Crippen molar-refractivity contribution in [2.24, 2.45) is 0 Å². The van der Waals surface area contributed by atoms with Crippen LogP contribution in [-0.2, 0) is 0 Å². The molecule has 0 saturated carbocycles. The van der Waals surface area contributed by atoms with Gasteiger partial charge in [0.25, 0.3) is 0 Å². The van der Waals surface area contributed by atoms with Gasteiger partial charge in [0, 0.05) is 5.39 Å². The van der Waals surface area contributed by atoms with Crippen molar-refractivity contribution >= 4 is 33.2 Å². The Kier molecular flexibility index (Phi) is 4.12. The molecular weight excluding hydrogens is 204 g/mol. The van der Waals surface area contributed by atoms with E-state index >= 15 is 0 Å². The second-order valence-corrected chi connectivity index (χ2v) is 3.76. The minimum absolute atomic E-state index is 0.534. The summed E-state index contributed by atoms with van der Waals surface area (Å²) in [6, 6.07) is 1.92. The third-order valence-electron chi connectivity index (χ3n) is 1.21. The van der Waals surface area contributed by atoms with Crippen LogP contribution in [0.15, 0.2) is 17.8 Å². The van der Waals surface area contributed by atoms with Crippen LogP contribution >= 0.6 is 22.9 Å². The molecule has 0 radical (unpaired) electrons. The summed E-state index contributed by atoms with van der Waals surface area (Å²) in [6.45, 7) is 4.25. The number of hydrogen-bond donors (Lipinski definition) is 0. The summed E-state index contributed by atoms with van der Waals surface area (Å²) in [5.74, 6) is 0. The highest BCUT2D eigenvalue weighted by atomic mass is 35.5. The zero-order valence-electron chi connectivity index (χ0n) is 7.62.